The molecule has 0 heterocycles. The second kappa shape index (κ2) is 5.85. The van der Waals surface area contributed by atoms with Crippen molar-refractivity contribution in [2.24, 2.45) is 17.8 Å². The van der Waals surface area contributed by atoms with Gasteiger partial charge in [-0.25, -0.2) is 8.78 Å². The summed E-state index contributed by atoms with van der Waals surface area (Å²) >= 11 is 0. The highest BCUT2D eigenvalue weighted by atomic mass is 19.1. The number of allylic oxidation sites excluding steroid dienone is 8. The first-order valence-electron chi connectivity index (χ1n) is 8.72. The van der Waals surface area contributed by atoms with Crippen molar-refractivity contribution in [1.82, 2.24) is 0 Å². The van der Waals surface area contributed by atoms with Crippen LogP contribution in [0.1, 0.15) is 44.9 Å². The summed E-state index contributed by atoms with van der Waals surface area (Å²) in [5.74, 6) is 1.81. The zero-order valence-corrected chi connectivity index (χ0v) is 13.2. The van der Waals surface area contributed by atoms with Crippen molar-refractivity contribution in [3.05, 3.63) is 46.9 Å². The van der Waals surface area contributed by atoms with Gasteiger partial charge in [-0.3, -0.25) is 4.79 Å². The van der Waals surface area contributed by atoms with E-state index >= 15 is 0 Å². The highest BCUT2D eigenvalue weighted by Crippen LogP contribution is 2.49. The Morgan fingerprint density at radius 2 is 1.70 bits per heavy atom. The Hall–Kier alpha value is -1.51. The summed E-state index contributed by atoms with van der Waals surface area (Å²) in [6, 6.07) is 0. The summed E-state index contributed by atoms with van der Waals surface area (Å²) in [4.78, 5) is 11.5. The third-order valence-corrected chi connectivity index (χ3v) is 6.01. The fraction of sp³-hybridized carbons (Fsp3) is 0.550. The monoisotopic (exact) mass is 316 g/mol. The van der Waals surface area contributed by atoms with Crippen LogP contribution in [0.2, 0.25) is 0 Å². The molecule has 0 aromatic rings. The zero-order valence-electron chi connectivity index (χ0n) is 13.2. The lowest BCUT2D eigenvalue weighted by Gasteiger charge is -2.23. The summed E-state index contributed by atoms with van der Waals surface area (Å²) in [5, 5.41) is 0. The first-order valence-corrected chi connectivity index (χ1v) is 8.72. The van der Waals surface area contributed by atoms with E-state index in [1.807, 2.05) is 0 Å². The highest BCUT2D eigenvalue weighted by molar-refractivity contribution is 5.81. The number of Topliss-reactive ketones (excluding diaryl/α,β-unsaturated/α-hetero) is 1. The van der Waals surface area contributed by atoms with E-state index in [0.717, 1.165) is 55.7 Å². The Bertz CT molecular complexity index is 637. The van der Waals surface area contributed by atoms with Crippen LogP contribution in [0, 0.1) is 17.8 Å². The van der Waals surface area contributed by atoms with Gasteiger partial charge in [0, 0.05) is 19.3 Å². The number of carbonyl (C=O) groups is 1. The van der Waals surface area contributed by atoms with E-state index in [2.05, 4.69) is 12.2 Å². The molecule has 23 heavy (non-hydrogen) atoms. The van der Waals surface area contributed by atoms with Crippen molar-refractivity contribution in [3.8, 4) is 0 Å². The van der Waals surface area contributed by atoms with Crippen LogP contribution in [-0.4, -0.2) is 12.0 Å². The molecule has 0 bridgehead atoms. The van der Waals surface area contributed by atoms with Crippen LogP contribution < -0.4 is 0 Å². The topological polar surface area (TPSA) is 17.1 Å². The summed E-state index contributed by atoms with van der Waals surface area (Å²) in [6.45, 7) is 0. The lowest BCUT2D eigenvalue weighted by Crippen LogP contribution is -2.09. The summed E-state index contributed by atoms with van der Waals surface area (Å²) in [6.07, 6.45) is 11.6. The molecule has 0 amide bonds. The van der Waals surface area contributed by atoms with Gasteiger partial charge in [0.25, 0.3) is 0 Å². The predicted molar refractivity (Wildman–Crippen MR) is 86.1 cm³/mol. The maximum Gasteiger partial charge on any atom is 0.133 e. The Labute approximate surface area is 135 Å². The van der Waals surface area contributed by atoms with E-state index < -0.39 is 12.0 Å². The summed E-state index contributed by atoms with van der Waals surface area (Å²) in [7, 11) is 0. The van der Waals surface area contributed by atoms with E-state index in [4.69, 9.17) is 0 Å². The van der Waals surface area contributed by atoms with Gasteiger partial charge < -0.3 is 0 Å². The van der Waals surface area contributed by atoms with Crippen LogP contribution in [0.4, 0.5) is 8.78 Å². The van der Waals surface area contributed by atoms with E-state index in [0.29, 0.717) is 23.5 Å². The molecule has 0 N–H and O–H groups in total. The molecule has 0 saturated heterocycles. The minimum absolute atomic E-state index is 0.290. The summed E-state index contributed by atoms with van der Waals surface area (Å²) < 4.78 is 26.9. The maximum absolute atomic E-state index is 13.5. The van der Waals surface area contributed by atoms with Crippen molar-refractivity contribution < 1.29 is 13.6 Å². The molecule has 122 valence electrons. The lowest BCUT2D eigenvalue weighted by atomic mass is 9.83. The van der Waals surface area contributed by atoms with Gasteiger partial charge in [-0.2, -0.15) is 0 Å². The molecular weight excluding hydrogens is 294 g/mol. The fourth-order valence-corrected chi connectivity index (χ4v) is 4.88. The van der Waals surface area contributed by atoms with Gasteiger partial charge in [0.05, 0.1) is 0 Å². The SMILES string of the molecule is O=C1CC2CC(C3=CC=C(C4=CC(F)=CC(F)C4)CC3)CC2C1. The van der Waals surface area contributed by atoms with Gasteiger partial charge in [-0.15, -0.1) is 0 Å². The molecule has 4 rings (SSSR count). The normalized spacial score (nSPS) is 37.0. The van der Waals surface area contributed by atoms with E-state index in [9.17, 15) is 13.6 Å². The molecule has 0 aromatic heterocycles. The minimum atomic E-state index is -1.20. The van der Waals surface area contributed by atoms with E-state index in [1.165, 1.54) is 11.6 Å². The number of rotatable bonds is 2. The van der Waals surface area contributed by atoms with Crippen molar-refractivity contribution in [2.75, 3.05) is 0 Å². The van der Waals surface area contributed by atoms with Crippen LogP contribution in [0.15, 0.2) is 46.9 Å². The molecular formula is C20H22F2O. The molecule has 2 saturated carbocycles. The largest absolute Gasteiger partial charge is 0.300 e. The third-order valence-electron chi connectivity index (χ3n) is 6.01. The lowest BCUT2D eigenvalue weighted by molar-refractivity contribution is -0.117. The Kier molecular flexibility index (Phi) is 3.82. The molecule has 0 spiro atoms. The van der Waals surface area contributed by atoms with Crippen LogP contribution in [0.5, 0.6) is 0 Å². The standard InChI is InChI=1S/C20H22F2O/c21-18-7-17(8-19(22)11-18)13-3-1-12(2-4-13)14-5-15-9-20(23)10-16(15)6-14/h1,3,7,11,14-16,19H,2,4-6,8-10H2. The number of hydrogen-bond acceptors (Lipinski definition) is 1. The molecule has 0 aliphatic heterocycles. The van der Waals surface area contributed by atoms with Crippen LogP contribution in [0.3, 0.4) is 0 Å². The third kappa shape index (κ3) is 2.98. The van der Waals surface area contributed by atoms with Crippen molar-refractivity contribution in [1.29, 1.82) is 0 Å². The fourth-order valence-electron chi connectivity index (χ4n) is 4.88. The second-order valence-corrected chi connectivity index (χ2v) is 7.51. The summed E-state index contributed by atoms with van der Waals surface area (Å²) in [5.41, 5.74) is 3.36. The van der Waals surface area contributed by atoms with Gasteiger partial charge in [0.2, 0.25) is 0 Å². The average molecular weight is 316 g/mol. The molecule has 2 fully saturated rings. The van der Waals surface area contributed by atoms with Crippen molar-refractivity contribution >= 4 is 5.78 Å². The van der Waals surface area contributed by atoms with Crippen LogP contribution in [0.25, 0.3) is 0 Å². The van der Waals surface area contributed by atoms with Gasteiger partial charge in [0.1, 0.15) is 17.8 Å². The molecule has 3 unspecified atom stereocenters. The van der Waals surface area contributed by atoms with E-state index in [1.54, 1.807) is 0 Å². The molecule has 3 atom stereocenters. The number of hydrogen-bond donors (Lipinski definition) is 0. The number of carbonyl (C=O) groups excluding carboxylic acids is 1. The van der Waals surface area contributed by atoms with Crippen LogP contribution in [-0.2, 0) is 4.79 Å². The smallest absolute Gasteiger partial charge is 0.133 e. The van der Waals surface area contributed by atoms with Gasteiger partial charge in [-0.05, 0) is 66.7 Å². The van der Waals surface area contributed by atoms with Crippen molar-refractivity contribution in [3.63, 3.8) is 0 Å². The number of alkyl halides is 1. The first kappa shape index (κ1) is 15.0. The molecule has 3 heteroatoms. The zero-order chi connectivity index (χ0) is 16.0. The second-order valence-electron chi connectivity index (χ2n) is 7.51. The number of halogens is 2. The quantitative estimate of drug-likeness (QED) is 0.687. The minimum Gasteiger partial charge on any atom is -0.300 e. The van der Waals surface area contributed by atoms with Gasteiger partial charge in [0.15, 0.2) is 0 Å². The van der Waals surface area contributed by atoms with Gasteiger partial charge in [-0.1, -0.05) is 17.7 Å². The molecule has 0 aromatic carbocycles. The van der Waals surface area contributed by atoms with Gasteiger partial charge >= 0.3 is 0 Å². The number of ketones is 1. The Balaban J connectivity index is 1.46. The maximum atomic E-state index is 13.5. The molecule has 4 aliphatic rings. The van der Waals surface area contributed by atoms with Crippen molar-refractivity contribution in [2.45, 2.75) is 51.1 Å². The van der Waals surface area contributed by atoms with Crippen LogP contribution >= 0.6 is 0 Å². The molecule has 4 aliphatic carbocycles. The Morgan fingerprint density at radius 3 is 2.30 bits per heavy atom. The molecule has 0 radical (unpaired) electrons. The average Bonchev–Trinajstić information content (AvgIpc) is 3.03. The highest BCUT2D eigenvalue weighted by Gasteiger charge is 2.41. The number of fused-ring (bicyclic) bond motifs is 1. The van der Waals surface area contributed by atoms with E-state index in [-0.39, 0.29) is 6.42 Å². The Morgan fingerprint density at radius 1 is 0.957 bits per heavy atom. The first-order chi connectivity index (χ1) is 11.1. The predicted octanol–water partition coefficient (Wildman–Crippen LogP) is 5.16. The molecule has 1 nitrogen and oxygen atoms in total.